The molecule has 1 aromatic rings. The second-order valence-corrected chi connectivity index (χ2v) is 6.20. The molecule has 0 saturated carbocycles. The molecule has 0 bridgehead atoms. The number of benzene rings is 1. The summed E-state index contributed by atoms with van der Waals surface area (Å²) in [4.78, 5) is 23.2. The zero-order chi connectivity index (χ0) is 16.7. The van der Waals surface area contributed by atoms with Gasteiger partial charge in [-0.2, -0.15) is 11.8 Å². The van der Waals surface area contributed by atoms with Gasteiger partial charge in [0.05, 0.1) is 0 Å². The number of ether oxygens (including phenoxy) is 1. The maximum absolute atomic E-state index is 12.1. The second kappa shape index (κ2) is 8.68. The van der Waals surface area contributed by atoms with E-state index in [0.717, 1.165) is 11.1 Å². The summed E-state index contributed by atoms with van der Waals surface area (Å²) in [5.74, 6) is -0.150. The number of amides is 1. The first-order valence-electron chi connectivity index (χ1n) is 7.11. The van der Waals surface area contributed by atoms with Crippen LogP contribution in [0.15, 0.2) is 18.2 Å². The van der Waals surface area contributed by atoms with E-state index < -0.39 is 24.0 Å². The van der Waals surface area contributed by atoms with Gasteiger partial charge in [-0.25, -0.2) is 4.79 Å². The van der Waals surface area contributed by atoms with Gasteiger partial charge in [0.15, 0.2) is 6.10 Å². The predicted molar refractivity (Wildman–Crippen MR) is 88.6 cm³/mol. The van der Waals surface area contributed by atoms with E-state index in [2.05, 4.69) is 5.32 Å². The smallest absolute Gasteiger partial charge is 0.326 e. The van der Waals surface area contributed by atoms with Crippen LogP contribution in [0.25, 0.3) is 0 Å². The van der Waals surface area contributed by atoms with Crippen LogP contribution in [0.2, 0.25) is 0 Å². The maximum atomic E-state index is 12.1. The van der Waals surface area contributed by atoms with E-state index in [4.69, 9.17) is 9.84 Å². The topological polar surface area (TPSA) is 75.6 Å². The fourth-order valence-corrected chi connectivity index (χ4v) is 2.43. The highest BCUT2D eigenvalue weighted by Crippen LogP contribution is 2.20. The number of hydrogen-bond acceptors (Lipinski definition) is 4. The van der Waals surface area contributed by atoms with E-state index in [1.165, 1.54) is 0 Å². The van der Waals surface area contributed by atoms with Crippen molar-refractivity contribution in [1.82, 2.24) is 5.32 Å². The molecule has 122 valence electrons. The molecule has 1 rings (SSSR count). The van der Waals surface area contributed by atoms with E-state index in [-0.39, 0.29) is 0 Å². The summed E-state index contributed by atoms with van der Waals surface area (Å²) in [5, 5.41) is 11.7. The molecule has 1 amide bonds. The van der Waals surface area contributed by atoms with Crippen molar-refractivity contribution in [3.8, 4) is 5.75 Å². The van der Waals surface area contributed by atoms with Crippen LogP contribution < -0.4 is 10.1 Å². The van der Waals surface area contributed by atoms with E-state index in [1.54, 1.807) is 18.7 Å². The van der Waals surface area contributed by atoms with E-state index >= 15 is 0 Å². The number of aryl methyl sites for hydroxylation is 2. The number of nitrogens with one attached hydrogen (secondary N) is 1. The molecule has 0 aliphatic carbocycles. The average molecular weight is 325 g/mol. The lowest BCUT2D eigenvalue weighted by Crippen LogP contribution is -2.46. The van der Waals surface area contributed by atoms with Gasteiger partial charge in [0.2, 0.25) is 0 Å². The van der Waals surface area contributed by atoms with E-state index in [0.29, 0.717) is 17.9 Å². The molecule has 0 radical (unpaired) electrons. The Hall–Kier alpha value is -1.69. The molecule has 2 atom stereocenters. The average Bonchev–Trinajstić information content (AvgIpc) is 2.45. The number of carboxylic acid groups (broad SMARTS) is 1. The van der Waals surface area contributed by atoms with Gasteiger partial charge in [-0.15, -0.1) is 0 Å². The Kier molecular flexibility index (Phi) is 7.24. The van der Waals surface area contributed by atoms with Gasteiger partial charge in [0, 0.05) is 0 Å². The van der Waals surface area contributed by atoms with Gasteiger partial charge >= 0.3 is 5.97 Å². The highest BCUT2D eigenvalue weighted by Gasteiger charge is 2.23. The normalized spacial score (nSPS) is 13.3. The number of carbonyl (C=O) groups is 2. The van der Waals surface area contributed by atoms with Gasteiger partial charge in [-0.05, 0) is 50.8 Å². The molecule has 2 unspecified atom stereocenters. The Morgan fingerprint density at radius 2 is 2.05 bits per heavy atom. The third-order valence-corrected chi connectivity index (χ3v) is 3.87. The molecule has 0 aliphatic heterocycles. The Balaban J connectivity index is 2.65. The standard InChI is InChI=1S/C16H23NO4S/c1-10-5-6-14(11(2)9-10)21-12(3)15(18)17-13(16(19)20)7-8-22-4/h5-6,9,12-13H,7-8H2,1-4H3,(H,17,18)(H,19,20). The lowest BCUT2D eigenvalue weighted by atomic mass is 10.1. The summed E-state index contributed by atoms with van der Waals surface area (Å²) in [7, 11) is 0. The Morgan fingerprint density at radius 1 is 1.36 bits per heavy atom. The Labute approximate surface area is 135 Å². The van der Waals surface area contributed by atoms with Gasteiger partial charge < -0.3 is 15.2 Å². The third-order valence-electron chi connectivity index (χ3n) is 3.23. The van der Waals surface area contributed by atoms with Crippen molar-refractivity contribution in [2.75, 3.05) is 12.0 Å². The van der Waals surface area contributed by atoms with Crippen molar-refractivity contribution < 1.29 is 19.4 Å². The number of thioether (sulfide) groups is 1. The highest BCUT2D eigenvalue weighted by atomic mass is 32.2. The van der Waals surface area contributed by atoms with Crippen LogP contribution in [-0.4, -0.2) is 41.1 Å². The fraction of sp³-hybridized carbons (Fsp3) is 0.500. The molecule has 0 aliphatic rings. The summed E-state index contributed by atoms with van der Waals surface area (Å²) in [5.41, 5.74) is 2.06. The summed E-state index contributed by atoms with van der Waals surface area (Å²) in [6.07, 6.45) is 1.53. The summed E-state index contributed by atoms with van der Waals surface area (Å²) in [6, 6.07) is 4.81. The second-order valence-electron chi connectivity index (χ2n) is 5.21. The van der Waals surface area contributed by atoms with Crippen molar-refractivity contribution >= 4 is 23.6 Å². The molecular weight excluding hydrogens is 302 g/mol. The summed E-state index contributed by atoms with van der Waals surface area (Å²) in [6.45, 7) is 5.50. The predicted octanol–water partition coefficient (Wildman–Crippen LogP) is 2.39. The quantitative estimate of drug-likeness (QED) is 0.767. The van der Waals surface area contributed by atoms with Crippen LogP contribution in [-0.2, 0) is 9.59 Å². The van der Waals surface area contributed by atoms with Crippen LogP contribution in [0.1, 0.15) is 24.5 Å². The number of aliphatic carboxylic acids is 1. The van der Waals surface area contributed by atoms with Crippen molar-refractivity contribution in [3.05, 3.63) is 29.3 Å². The van der Waals surface area contributed by atoms with E-state index in [9.17, 15) is 9.59 Å². The third kappa shape index (κ3) is 5.60. The first-order chi connectivity index (χ1) is 10.3. The van der Waals surface area contributed by atoms with Crippen molar-refractivity contribution in [1.29, 1.82) is 0 Å². The van der Waals surface area contributed by atoms with Crippen LogP contribution in [0.3, 0.4) is 0 Å². The Bertz CT molecular complexity index is 533. The molecule has 0 aromatic heterocycles. The van der Waals surface area contributed by atoms with Crippen LogP contribution >= 0.6 is 11.8 Å². The van der Waals surface area contributed by atoms with Gasteiger partial charge in [-0.3, -0.25) is 4.79 Å². The molecule has 0 saturated heterocycles. The molecule has 0 spiro atoms. The highest BCUT2D eigenvalue weighted by molar-refractivity contribution is 7.98. The first-order valence-corrected chi connectivity index (χ1v) is 8.50. The van der Waals surface area contributed by atoms with Crippen LogP contribution in [0.5, 0.6) is 5.75 Å². The molecule has 6 heteroatoms. The van der Waals surface area contributed by atoms with Gasteiger partial charge in [-0.1, -0.05) is 17.7 Å². The fourth-order valence-electron chi connectivity index (χ4n) is 1.96. The van der Waals surface area contributed by atoms with Gasteiger partial charge in [0.25, 0.3) is 5.91 Å². The molecule has 5 nitrogen and oxygen atoms in total. The molecule has 1 aromatic carbocycles. The first kappa shape index (κ1) is 18.4. The number of carboxylic acids is 1. The molecular formula is C16H23NO4S. The zero-order valence-electron chi connectivity index (χ0n) is 13.4. The molecule has 0 fully saturated rings. The Morgan fingerprint density at radius 3 is 2.59 bits per heavy atom. The van der Waals surface area contributed by atoms with Crippen LogP contribution in [0.4, 0.5) is 0 Å². The van der Waals surface area contributed by atoms with E-state index in [1.807, 2.05) is 38.3 Å². The summed E-state index contributed by atoms with van der Waals surface area (Å²) < 4.78 is 5.64. The largest absolute Gasteiger partial charge is 0.481 e. The number of rotatable bonds is 8. The van der Waals surface area contributed by atoms with Gasteiger partial charge in [0.1, 0.15) is 11.8 Å². The van der Waals surface area contributed by atoms with Crippen molar-refractivity contribution in [3.63, 3.8) is 0 Å². The number of carbonyl (C=O) groups excluding carboxylic acids is 1. The lowest BCUT2D eigenvalue weighted by molar-refractivity contribution is -0.142. The van der Waals surface area contributed by atoms with Crippen molar-refractivity contribution in [2.24, 2.45) is 0 Å². The van der Waals surface area contributed by atoms with Crippen molar-refractivity contribution in [2.45, 2.75) is 39.3 Å². The summed E-state index contributed by atoms with van der Waals surface area (Å²) >= 11 is 1.54. The minimum atomic E-state index is -1.03. The van der Waals surface area contributed by atoms with Crippen LogP contribution in [0, 0.1) is 13.8 Å². The zero-order valence-corrected chi connectivity index (χ0v) is 14.2. The number of hydrogen-bond donors (Lipinski definition) is 2. The monoisotopic (exact) mass is 325 g/mol. The minimum Gasteiger partial charge on any atom is -0.481 e. The molecule has 0 heterocycles. The SMILES string of the molecule is CSCCC(NC(=O)C(C)Oc1ccc(C)cc1C)C(=O)O. The lowest BCUT2D eigenvalue weighted by Gasteiger charge is -2.19. The molecule has 22 heavy (non-hydrogen) atoms. The minimum absolute atomic E-state index is 0.387. The maximum Gasteiger partial charge on any atom is 0.326 e. The molecule has 2 N–H and O–H groups in total.